The second-order valence-corrected chi connectivity index (χ2v) is 2.60. The van der Waals surface area contributed by atoms with Crippen LogP contribution in [0.1, 0.15) is 0 Å². The molecule has 0 radical (unpaired) electrons. The van der Waals surface area contributed by atoms with Crippen LogP contribution >= 0.6 is 0 Å². The average molecular weight is 175 g/mol. The largest absolute Gasteiger partial charge is 0.384 e. The smallest absolute Gasteiger partial charge is 0.123 e. The molecule has 2 N–H and O–H groups in total. The predicted molar refractivity (Wildman–Crippen MR) is 54.1 cm³/mol. The highest BCUT2D eigenvalue weighted by Crippen LogP contribution is 1.89. The molecule has 0 unspecified atom stereocenters. The van der Waals surface area contributed by atoms with Gasteiger partial charge in [-0.1, -0.05) is 6.07 Å². The molecule has 0 saturated carbocycles. The number of nitrogens with zero attached hydrogens (tertiary/aromatic N) is 2. The molecule has 0 spiro atoms. The molecule has 3 heteroatoms. The topological polar surface area (TPSA) is 43.8 Å². The van der Waals surface area contributed by atoms with E-state index in [-0.39, 0.29) is 0 Å². The summed E-state index contributed by atoms with van der Waals surface area (Å²) in [6.07, 6.45) is 5.66. The SMILES string of the molecule is Cn1cccc1.Nc1ccccn1. The van der Waals surface area contributed by atoms with E-state index in [9.17, 15) is 0 Å². The Balaban J connectivity index is 0.000000132. The minimum Gasteiger partial charge on any atom is -0.384 e. The van der Waals surface area contributed by atoms with Gasteiger partial charge in [-0.3, -0.25) is 0 Å². The summed E-state index contributed by atoms with van der Waals surface area (Å²) in [6, 6.07) is 9.43. The van der Waals surface area contributed by atoms with Crippen LogP contribution in [-0.4, -0.2) is 9.55 Å². The van der Waals surface area contributed by atoms with Gasteiger partial charge in [0.1, 0.15) is 5.82 Å². The van der Waals surface area contributed by atoms with Gasteiger partial charge in [-0.05, 0) is 24.3 Å². The normalized spacial score (nSPS) is 8.69. The number of hydrogen-bond donors (Lipinski definition) is 1. The molecule has 0 amide bonds. The molecule has 0 aliphatic carbocycles. The molecule has 2 heterocycles. The van der Waals surface area contributed by atoms with Crippen LogP contribution in [0, 0.1) is 0 Å². The maximum Gasteiger partial charge on any atom is 0.123 e. The molecular formula is C10H13N3. The Morgan fingerprint density at radius 1 is 1.15 bits per heavy atom. The molecule has 68 valence electrons. The number of aryl methyl sites for hydroxylation is 1. The summed E-state index contributed by atoms with van der Waals surface area (Å²) in [5.41, 5.74) is 5.25. The van der Waals surface area contributed by atoms with E-state index < -0.39 is 0 Å². The van der Waals surface area contributed by atoms with E-state index in [1.54, 1.807) is 12.3 Å². The Labute approximate surface area is 77.8 Å². The third-order valence-corrected chi connectivity index (χ3v) is 1.44. The summed E-state index contributed by atoms with van der Waals surface area (Å²) in [5, 5.41) is 0. The van der Waals surface area contributed by atoms with Gasteiger partial charge in [0.25, 0.3) is 0 Å². The van der Waals surface area contributed by atoms with Crippen LogP contribution in [0.25, 0.3) is 0 Å². The minimum absolute atomic E-state index is 0.572. The third kappa shape index (κ3) is 3.96. The zero-order valence-electron chi connectivity index (χ0n) is 7.59. The van der Waals surface area contributed by atoms with Crippen LogP contribution in [0.15, 0.2) is 48.9 Å². The van der Waals surface area contributed by atoms with Crippen LogP contribution in [0.3, 0.4) is 0 Å². The van der Waals surface area contributed by atoms with E-state index in [0.717, 1.165) is 0 Å². The fourth-order valence-electron chi connectivity index (χ4n) is 0.797. The van der Waals surface area contributed by atoms with Gasteiger partial charge in [-0.25, -0.2) is 4.98 Å². The molecule has 0 fully saturated rings. The van der Waals surface area contributed by atoms with Crippen molar-refractivity contribution in [1.82, 2.24) is 9.55 Å². The number of pyridine rings is 1. The van der Waals surface area contributed by atoms with Crippen molar-refractivity contribution in [1.29, 1.82) is 0 Å². The first-order valence-corrected chi connectivity index (χ1v) is 4.02. The lowest BCUT2D eigenvalue weighted by Crippen LogP contribution is -1.85. The average Bonchev–Trinajstić information content (AvgIpc) is 2.58. The van der Waals surface area contributed by atoms with Gasteiger partial charge in [0, 0.05) is 25.6 Å². The zero-order valence-corrected chi connectivity index (χ0v) is 7.59. The van der Waals surface area contributed by atoms with E-state index >= 15 is 0 Å². The summed E-state index contributed by atoms with van der Waals surface area (Å²) >= 11 is 0. The van der Waals surface area contributed by atoms with Crippen molar-refractivity contribution in [3.05, 3.63) is 48.9 Å². The van der Waals surface area contributed by atoms with Crippen molar-refractivity contribution in [3.63, 3.8) is 0 Å². The number of nitrogens with two attached hydrogens (primary N) is 1. The van der Waals surface area contributed by atoms with Crippen molar-refractivity contribution in [2.45, 2.75) is 0 Å². The Morgan fingerprint density at radius 2 is 1.85 bits per heavy atom. The maximum atomic E-state index is 5.25. The van der Waals surface area contributed by atoms with E-state index in [1.807, 2.05) is 48.3 Å². The molecule has 0 bridgehead atoms. The summed E-state index contributed by atoms with van der Waals surface area (Å²) in [5.74, 6) is 0.572. The second kappa shape index (κ2) is 4.98. The molecular weight excluding hydrogens is 162 g/mol. The van der Waals surface area contributed by atoms with Crippen LogP contribution in [0.4, 0.5) is 5.82 Å². The number of aromatic nitrogens is 2. The van der Waals surface area contributed by atoms with E-state index in [2.05, 4.69) is 4.98 Å². The van der Waals surface area contributed by atoms with Crippen LogP contribution in [0.2, 0.25) is 0 Å². The van der Waals surface area contributed by atoms with Crippen molar-refractivity contribution in [2.75, 3.05) is 5.73 Å². The Hall–Kier alpha value is -1.77. The van der Waals surface area contributed by atoms with Crippen LogP contribution in [-0.2, 0) is 7.05 Å². The fraction of sp³-hybridized carbons (Fsp3) is 0.100. The van der Waals surface area contributed by atoms with Gasteiger partial charge in [-0.2, -0.15) is 0 Å². The molecule has 0 aliphatic rings. The summed E-state index contributed by atoms with van der Waals surface area (Å²) < 4.78 is 2.00. The van der Waals surface area contributed by atoms with E-state index in [0.29, 0.717) is 5.82 Å². The summed E-state index contributed by atoms with van der Waals surface area (Å²) in [6.45, 7) is 0. The third-order valence-electron chi connectivity index (χ3n) is 1.44. The molecule has 3 nitrogen and oxygen atoms in total. The van der Waals surface area contributed by atoms with Crippen molar-refractivity contribution >= 4 is 5.82 Å². The van der Waals surface area contributed by atoms with Gasteiger partial charge in [0.05, 0.1) is 0 Å². The molecule has 2 aromatic rings. The van der Waals surface area contributed by atoms with Gasteiger partial charge in [-0.15, -0.1) is 0 Å². The van der Waals surface area contributed by atoms with Crippen molar-refractivity contribution < 1.29 is 0 Å². The van der Waals surface area contributed by atoms with Crippen LogP contribution < -0.4 is 5.73 Å². The first-order chi connectivity index (χ1) is 6.29. The Bertz CT molecular complexity index is 313. The van der Waals surface area contributed by atoms with Crippen molar-refractivity contribution in [2.24, 2.45) is 7.05 Å². The first kappa shape index (κ1) is 9.32. The Kier molecular flexibility index (Phi) is 3.57. The summed E-state index contributed by atoms with van der Waals surface area (Å²) in [7, 11) is 2.00. The van der Waals surface area contributed by atoms with Gasteiger partial charge < -0.3 is 10.3 Å². The number of nitrogen functional groups attached to an aromatic ring is 1. The highest BCUT2D eigenvalue weighted by atomic mass is 14.9. The van der Waals surface area contributed by atoms with Crippen molar-refractivity contribution in [3.8, 4) is 0 Å². The first-order valence-electron chi connectivity index (χ1n) is 4.02. The number of anilines is 1. The molecule has 0 atom stereocenters. The molecule has 2 aromatic heterocycles. The van der Waals surface area contributed by atoms with Gasteiger partial charge in [0.2, 0.25) is 0 Å². The molecule has 13 heavy (non-hydrogen) atoms. The molecule has 0 aliphatic heterocycles. The van der Waals surface area contributed by atoms with Gasteiger partial charge in [0.15, 0.2) is 0 Å². The number of rotatable bonds is 0. The second-order valence-electron chi connectivity index (χ2n) is 2.60. The standard InChI is InChI=1S/C5H6N2.C5H7N/c6-5-3-1-2-4-7-5;1-6-4-2-3-5-6/h1-4H,(H2,6,7);2-5H,1H3. The summed E-state index contributed by atoms with van der Waals surface area (Å²) in [4.78, 5) is 3.76. The minimum atomic E-state index is 0.572. The monoisotopic (exact) mass is 175 g/mol. The predicted octanol–water partition coefficient (Wildman–Crippen LogP) is 1.69. The quantitative estimate of drug-likeness (QED) is 0.662. The molecule has 0 saturated heterocycles. The lowest BCUT2D eigenvalue weighted by atomic mass is 10.5. The highest BCUT2D eigenvalue weighted by molar-refractivity contribution is 5.25. The fourth-order valence-corrected chi connectivity index (χ4v) is 0.797. The molecule has 0 aromatic carbocycles. The highest BCUT2D eigenvalue weighted by Gasteiger charge is 1.73. The zero-order chi connectivity index (χ0) is 9.52. The van der Waals surface area contributed by atoms with E-state index in [1.165, 1.54) is 0 Å². The van der Waals surface area contributed by atoms with Crippen LogP contribution in [0.5, 0.6) is 0 Å². The maximum absolute atomic E-state index is 5.25. The molecule has 2 rings (SSSR count). The van der Waals surface area contributed by atoms with E-state index in [4.69, 9.17) is 5.73 Å². The lowest BCUT2D eigenvalue weighted by molar-refractivity contribution is 0.928. The van der Waals surface area contributed by atoms with Gasteiger partial charge >= 0.3 is 0 Å². The Morgan fingerprint density at radius 3 is 2.08 bits per heavy atom. The lowest BCUT2D eigenvalue weighted by Gasteiger charge is -1.82. The number of hydrogen-bond acceptors (Lipinski definition) is 2.